The summed E-state index contributed by atoms with van der Waals surface area (Å²) in [6.07, 6.45) is -5.08. The van der Waals surface area contributed by atoms with Crippen LogP contribution in [-0.2, 0) is 17.9 Å². The topological polar surface area (TPSA) is 104 Å². The first kappa shape index (κ1) is 30.2. The van der Waals surface area contributed by atoms with Crippen molar-refractivity contribution in [3.8, 4) is 33.6 Å². The molecule has 0 unspecified atom stereocenters. The van der Waals surface area contributed by atoms with Gasteiger partial charge in [-0.2, -0.15) is 13.2 Å². The van der Waals surface area contributed by atoms with E-state index in [4.69, 9.17) is 19.4 Å². The number of fused-ring (bicyclic) bond motifs is 1. The van der Waals surface area contributed by atoms with E-state index >= 15 is 0 Å². The normalized spacial score (nSPS) is 11.3. The van der Waals surface area contributed by atoms with Crippen LogP contribution in [0.3, 0.4) is 0 Å². The summed E-state index contributed by atoms with van der Waals surface area (Å²) < 4.78 is 37.1. The number of nitrogens with one attached hydrogen (secondary N) is 2. The third-order valence-corrected chi connectivity index (χ3v) is 6.96. The molecule has 0 aliphatic rings. The molecule has 6 aromatic rings. The number of rotatable bonds is 7. The lowest BCUT2D eigenvalue weighted by molar-refractivity contribution is -0.192. The van der Waals surface area contributed by atoms with Gasteiger partial charge in [-0.05, 0) is 65.9 Å². The van der Waals surface area contributed by atoms with Crippen LogP contribution < -0.4 is 5.32 Å². The summed E-state index contributed by atoms with van der Waals surface area (Å²) in [5.41, 5.74) is 11.1. The van der Waals surface area contributed by atoms with Gasteiger partial charge in [-0.1, -0.05) is 78.0 Å². The van der Waals surface area contributed by atoms with Crippen LogP contribution in [0.2, 0.25) is 0 Å². The zero-order valence-corrected chi connectivity index (χ0v) is 23.9. The standard InChI is InChI=1S/C32H28N4O.C2HF3O2/c1-21-31(22(2)37-36-21)27-9-5-7-24(17-27)20-33-19-23-13-15-25(16-14-23)26-8-6-10-28(18-26)32-34-29-11-3-4-12-30(29)35-32;3-2(4,5)1(6)7/h3-18,33H,19-20H2,1-2H3,(H,34,35);(H,6,7). The van der Waals surface area contributed by atoms with Crippen molar-refractivity contribution in [1.82, 2.24) is 20.4 Å². The number of halogens is 3. The quantitative estimate of drug-likeness (QED) is 0.172. The highest BCUT2D eigenvalue weighted by Gasteiger charge is 2.38. The molecule has 0 atom stereocenters. The molecule has 2 aromatic heterocycles. The van der Waals surface area contributed by atoms with Crippen molar-refractivity contribution in [3.63, 3.8) is 0 Å². The largest absolute Gasteiger partial charge is 0.490 e. The van der Waals surface area contributed by atoms with Gasteiger partial charge in [0.15, 0.2) is 0 Å². The Kier molecular flexibility index (Phi) is 8.91. The summed E-state index contributed by atoms with van der Waals surface area (Å²) in [6.45, 7) is 5.53. The average molecular weight is 599 g/mol. The van der Waals surface area contributed by atoms with Crippen molar-refractivity contribution < 1.29 is 27.6 Å². The number of hydrogen-bond acceptors (Lipinski definition) is 5. The zero-order valence-electron chi connectivity index (χ0n) is 23.9. The molecule has 2 heterocycles. The molecule has 4 aromatic carbocycles. The van der Waals surface area contributed by atoms with Gasteiger partial charge < -0.3 is 19.9 Å². The number of aromatic amines is 1. The molecule has 0 bridgehead atoms. The summed E-state index contributed by atoms with van der Waals surface area (Å²) in [5.74, 6) is -1.01. The van der Waals surface area contributed by atoms with Gasteiger partial charge >= 0.3 is 12.1 Å². The van der Waals surface area contributed by atoms with Crippen LogP contribution in [0.25, 0.3) is 44.7 Å². The van der Waals surface area contributed by atoms with E-state index in [2.05, 4.69) is 94.3 Å². The number of para-hydroxylation sites is 2. The Bertz CT molecular complexity index is 1840. The van der Waals surface area contributed by atoms with Gasteiger partial charge in [-0.25, -0.2) is 9.78 Å². The van der Waals surface area contributed by atoms with Gasteiger partial charge in [0.1, 0.15) is 11.6 Å². The van der Waals surface area contributed by atoms with E-state index in [-0.39, 0.29) is 0 Å². The number of nitrogens with zero attached hydrogens (tertiary/aromatic N) is 2. The van der Waals surface area contributed by atoms with Gasteiger partial charge in [0, 0.05) is 24.2 Å². The lowest BCUT2D eigenvalue weighted by Crippen LogP contribution is -2.21. The van der Waals surface area contributed by atoms with E-state index in [9.17, 15) is 13.2 Å². The van der Waals surface area contributed by atoms with E-state index in [0.717, 1.165) is 58.1 Å². The zero-order chi connectivity index (χ0) is 31.3. The Balaban J connectivity index is 0.000000493. The average Bonchev–Trinajstić information content (AvgIpc) is 3.60. The van der Waals surface area contributed by atoms with Crippen LogP contribution in [0.15, 0.2) is 102 Å². The number of carboxylic acids is 1. The second-order valence-corrected chi connectivity index (χ2v) is 10.2. The van der Waals surface area contributed by atoms with Crippen molar-refractivity contribution in [3.05, 3.63) is 120 Å². The molecule has 0 amide bonds. The third kappa shape index (κ3) is 7.22. The molecule has 0 saturated carbocycles. The van der Waals surface area contributed by atoms with Crippen molar-refractivity contribution in [2.24, 2.45) is 0 Å². The number of carboxylic acid groups (broad SMARTS) is 1. The Hall–Kier alpha value is -5.22. The van der Waals surface area contributed by atoms with Crippen molar-refractivity contribution >= 4 is 17.0 Å². The van der Waals surface area contributed by atoms with E-state index in [1.54, 1.807) is 0 Å². The minimum Gasteiger partial charge on any atom is -0.475 e. The van der Waals surface area contributed by atoms with Gasteiger partial charge in [0.25, 0.3) is 0 Å². The molecule has 44 heavy (non-hydrogen) atoms. The number of H-pyrrole nitrogens is 1. The monoisotopic (exact) mass is 598 g/mol. The van der Waals surface area contributed by atoms with Crippen molar-refractivity contribution in [2.75, 3.05) is 0 Å². The third-order valence-electron chi connectivity index (χ3n) is 6.96. The van der Waals surface area contributed by atoms with Crippen LogP contribution in [-0.4, -0.2) is 32.4 Å². The highest BCUT2D eigenvalue weighted by atomic mass is 19.4. The van der Waals surface area contributed by atoms with Crippen LogP contribution in [0, 0.1) is 13.8 Å². The number of alkyl halides is 3. The van der Waals surface area contributed by atoms with Gasteiger partial charge in [0.05, 0.1) is 16.7 Å². The number of aliphatic carboxylic acids is 1. The lowest BCUT2D eigenvalue weighted by Gasteiger charge is -2.09. The number of carbonyl (C=O) groups is 1. The van der Waals surface area contributed by atoms with Gasteiger partial charge in [-0.15, -0.1) is 0 Å². The smallest absolute Gasteiger partial charge is 0.475 e. The maximum Gasteiger partial charge on any atom is 0.490 e. The predicted molar refractivity (Wildman–Crippen MR) is 163 cm³/mol. The second kappa shape index (κ2) is 13.0. The van der Waals surface area contributed by atoms with E-state index in [1.165, 1.54) is 22.3 Å². The van der Waals surface area contributed by atoms with Crippen LogP contribution in [0.4, 0.5) is 13.2 Å². The SMILES string of the molecule is Cc1noc(C)c1-c1cccc(CNCc2ccc(-c3cccc(-c4nc5ccccc5[nH]4)c3)cc2)c1.O=C(O)C(F)(F)F. The first-order valence-electron chi connectivity index (χ1n) is 13.8. The molecule has 224 valence electrons. The van der Waals surface area contributed by atoms with Crippen LogP contribution in [0.5, 0.6) is 0 Å². The predicted octanol–water partition coefficient (Wildman–Crippen LogP) is 8.09. The summed E-state index contributed by atoms with van der Waals surface area (Å²) in [5, 5.41) is 14.8. The molecule has 3 N–H and O–H groups in total. The second-order valence-electron chi connectivity index (χ2n) is 10.2. The molecular weight excluding hydrogens is 569 g/mol. The Labute approximate surface area is 251 Å². The molecule has 0 fully saturated rings. The summed E-state index contributed by atoms with van der Waals surface area (Å²) >= 11 is 0. The number of hydrogen-bond donors (Lipinski definition) is 3. The van der Waals surface area contributed by atoms with E-state index in [0.29, 0.717) is 0 Å². The maximum absolute atomic E-state index is 10.6. The number of benzene rings is 4. The Morgan fingerprint density at radius 2 is 1.48 bits per heavy atom. The van der Waals surface area contributed by atoms with E-state index in [1.807, 2.05) is 32.0 Å². The minimum atomic E-state index is -5.08. The molecule has 6 rings (SSSR count). The number of imidazole rings is 1. The first-order valence-corrected chi connectivity index (χ1v) is 13.8. The van der Waals surface area contributed by atoms with Crippen molar-refractivity contribution in [2.45, 2.75) is 33.1 Å². The summed E-state index contributed by atoms with van der Waals surface area (Å²) in [6, 6.07) is 33.9. The molecule has 10 heteroatoms. The van der Waals surface area contributed by atoms with Crippen LogP contribution in [0.1, 0.15) is 22.6 Å². The lowest BCUT2D eigenvalue weighted by atomic mass is 10.0. The van der Waals surface area contributed by atoms with E-state index < -0.39 is 12.1 Å². The summed E-state index contributed by atoms with van der Waals surface area (Å²) in [7, 11) is 0. The number of aromatic nitrogens is 3. The first-order chi connectivity index (χ1) is 21.1. The molecule has 0 spiro atoms. The van der Waals surface area contributed by atoms with Gasteiger partial charge in [-0.3, -0.25) is 0 Å². The molecular formula is C34H29F3N4O3. The fourth-order valence-electron chi connectivity index (χ4n) is 4.83. The Morgan fingerprint density at radius 1 is 0.818 bits per heavy atom. The molecule has 0 aliphatic carbocycles. The molecule has 0 radical (unpaired) electrons. The molecule has 0 aliphatic heterocycles. The minimum absolute atomic E-state index is 0.790. The van der Waals surface area contributed by atoms with Crippen molar-refractivity contribution in [1.29, 1.82) is 0 Å². The molecule has 7 nitrogen and oxygen atoms in total. The molecule has 0 saturated heterocycles. The summed E-state index contributed by atoms with van der Waals surface area (Å²) in [4.78, 5) is 17.1. The Morgan fingerprint density at radius 3 is 2.16 bits per heavy atom. The highest BCUT2D eigenvalue weighted by Crippen LogP contribution is 2.28. The maximum atomic E-state index is 10.6. The fraction of sp³-hybridized carbons (Fsp3) is 0.147. The van der Waals surface area contributed by atoms with Crippen LogP contribution >= 0.6 is 0 Å². The van der Waals surface area contributed by atoms with Gasteiger partial charge in [0.2, 0.25) is 0 Å². The highest BCUT2D eigenvalue weighted by molar-refractivity contribution is 5.80. The fourth-order valence-corrected chi connectivity index (χ4v) is 4.83. The number of aryl methyl sites for hydroxylation is 2.